The van der Waals surface area contributed by atoms with Crippen molar-refractivity contribution in [2.24, 2.45) is 17.8 Å². The van der Waals surface area contributed by atoms with Crippen molar-refractivity contribution in [3.8, 4) is 0 Å². The van der Waals surface area contributed by atoms with Gasteiger partial charge in [-0.15, -0.1) is 0 Å². The molecule has 0 amide bonds. The predicted octanol–water partition coefficient (Wildman–Crippen LogP) is 4.49. The van der Waals surface area contributed by atoms with Crippen LogP contribution in [0.3, 0.4) is 0 Å². The summed E-state index contributed by atoms with van der Waals surface area (Å²) < 4.78 is 5.59. The van der Waals surface area contributed by atoms with E-state index in [-0.39, 0.29) is 11.6 Å². The lowest BCUT2D eigenvalue weighted by molar-refractivity contribution is -0.159. The summed E-state index contributed by atoms with van der Waals surface area (Å²) in [6.07, 6.45) is 6.14. The molecular weight excluding hydrogens is 236 g/mol. The Morgan fingerprint density at radius 2 is 1.74 bits per heavy atom. The van der Waals surface area contributed by atoms with E-state index in [2.05, 4.69) is 27.7 Å². The quantitative estimate of drug-likeness (QED) is 0.542. The fourth-order valence-corrected chi connectivity index (χ4v) is 3.96. The summed E-state index contributed by atoms with van der Waals surface area (Å²) in [6, 6.07) is 0. The second-order valence-electron chi connectivity index (χ2n) is 7.07. The van der Waals surface area contributed by atoms with Crippen LogP contribution < -0.4 is 0 Å². The smallest absolute Gasteiger partial charge is 0.303 e. The summed E-state index contributed by atoms with van der Waals surface area (Å²) in [5, 5.41) is 0. The molecule has 0 saturated carbocycles. The number of esters is 1. The van der Waals surface area contributed by atoms with Crippen molar-refractivity contribution >= 4 is 5.97 Å². The van der Waals surface area contributed by atoms with E-state index in [1.165, 1.54) is 32.6 Å². The fraction of sp³-hybridized carbons (Fsp3) is 0.824. The van der Waals surface area contributed by atoms with Gasteiger partial charge in [0, 0.05) is 12.8 Å². The van der Waals surface area contributed by atoms with Gasteiger partial charge in [-0.05, 0) is 57.8 Å². The highest BCUT2D eigenvalue weighted by Crippen LogP contribution is 2.46. The third-order valence-electron chi connectivity index (χ3n) is 5.25. The van der Waals surface area contributed by atoms with Gasteiger partial charge < -0.3 is 4.74 Å². The molecule has 0 aliphatic heterocycles. The molecule has 0 heterocycles. The number of ether oxygens (including phenoxy) is 1. The van der Waals surface area contributed by atoms with E-state index in [0.717, 1.165) is 18.3 Å². The summed E-state index contributed by atoms with van der Waals surface area (Å²) in [6.45, 7) is 10.4. The summed E-state index contributed by atoms with van der Waals surface area (Å²) in [5.41, 5.74) is 3.06. The lowest BCUT2D eigenvalue weighted by Gasteiger charge is -2.34. The minimum atomic E-state index is -0.337. The highest BCUT2D eigenvalue weighted by molar-refractivity contribution is 5.66. The zero-order valence-electron chi connectivity index (χ0n) is 13.1. The van der Waals surface area contributed by atoms with Gasteiger partial charge in [-0.3, -0.25) is 4.79 Å². The predicted molar refractivity (Wildman–Crippen MR) is 77.8 cm³/mol. The highest BCUT2D eigenvalue weighted by Gasteiger charge is 2.38. The minimum absolute atomic E-state index is 0.157. The van der Waals surface area contributed by atoms with Crippen LogP contribution in [0.1, 0.15) is 66.7 Å². The SMILES string of the molecule is CC(=O)OC(C)(C)[C@@H]1CC[C@H](C)C2=C(C1)[C@H](C)CC2. The average molecular weight is 264 g/mol. The van der Waals surface area contributed by atoms with E-state index in [1.807, 2.05) is 0 Å². The molecule has 0 aromatic heterocycles. The first-order valence-corrected chi connectivity index (χ1v) is 7.72. The van der Waals surface area contributed by atoms with Crippen LogP contribution in [0.15, 0.2) is 11.1 Å². The number of hydrogen-bond donors (Lipinski definition) is 0. The van der Waals surface area contributed by atoms with Crippen LogP contribution in [0.25, 0.3) is 0 Å². The molecule has 0 bridgehead atoms. The van der Waals surface area contributed by atoms with Gasteiger partial charge >= 0.3 is 5.97 Å². The maximum absolute atomic E-state index is 11.3. The summed E-state index contributed by atoms with van der Waals surface area (Å²) in [7, 11) is 0. The van der Waals surface area contributed by atoms with Crippen LogP contribution in [-0.4, -0.2) is 11.6 Å². The van der Waals surface area contributed by atoms with Crippen molar-refractivity contribution < 1.29 is 9.53 Å². The molecule has 3 atom stereocenters. The summed E-state index contributed by atoms with van der Waals surface area (Å²) >= 11 is 0. The van der Waals surface area contributed by atoms with Crippen LogP contribution in [0, 0.1) is 17.8 Å². The summed E-state index contributed by atoms with van der Waals surface area (Å²) in [4.78, 5) is 11.3. The Hall–Kier alpha value is -0.790. The van der Waals surface area contributed by atoms with Gasteiger partial charge in [0.2, 0.25) is 0 Å². The summed E-state index contributed by atoms with van der Waals surface area (Å²) in [5.74, 6) is 1.76. The van der Waals surface area contributed by atoms with Crippen LogP contribution in [0.5, 0.6) is 0 Å². The largest absolute Gasteiger partial charge is 0.460 e. The van der Waals surface area contributed by atoms with Crippen molar-refractivity contribution in [1.29, 1.82) is 0 Å². The molecule has 2 rings (SSSR count). The molecule has 2 heteroatoms. The molecule has 0 radical (unpaired) electrons. The molecule has 0 unspecified atom stereocenters. The first kappa shape index (κ1) is 14.6. The maximum Gasteiger partial charge on any atom is 0.303 e. The third-order valence-corrected chi connectivity index (χ3v) is 5.25. The Balaban J connectivity index is 2.19. The number of allylic oxidation sites excluding steroid dienone is 2. The molecule has 0 saturated heterocycles. The first-order chi connectivity index (χ1) is 8.81. The molecule has 0 spiro atoms. The van der Waals surface area contributed by atoms with E-state index >= 15 is 0 Å². The average Bonchev–Trinajstić information content (AvgIpc) is 2.53. The minimum Gasteiger partial charge on any atom is -0.460 e. The van der Waals surface area contributed by atoms with E-state index in [0.29, 0.717) is 5.92 Å². The zero-order valence-corrected chi connectivity index (χ0v) is 13.1. The van der Waals surface area contributed by atoms with Gasteiger partial charge in [0.05, 0.1) is 0 Å². The van der Waals surface area contributed by atoms with E-state index in [1.54, 1.807) is 11.1 Å². The Kier molecular flexibility index (Phi) is 4.08. The van der Waals surface area contributed by atoms with Crippen LogP contribution in [0.2, 0.25) is 0 Å². The molecule has 0 fully saturated rings. The fourth-order valence-electron chi connectivity index (χ4n) is 3.96. The van der Waals surface area contributed by atoms with Gasteiger partial charge in [0.1, 0.15) is 5.60 Å². The Morgan fingerprint density at radius 3 is 2.37 bits per heavy atom. The molecule has 0 N–H and O–H groups in total. The van der Waals surface area contributed by atoms with Gasteiger partial charge in [-0.25, -0.2) is 0 Å². The Bertz CT molecular complexity index is 392. The highest BCUT2D eigenvalue weighted by atomic mass is 16.6. The van der Waals surface area contributed by atoms with Crippen LogP contribution in [0.4, 0.5) is 0 Å². The third kappa shape index (κ3) is 3.04. The zero-order chi connectivity index (χ0) is 14.2. The van der Waals surface area contributed by atoms with Crippen molar-refractivity contribution in [3.05, 3.63) is 11.1 Å². The first-order valence-electron chi connectivity index (χ1n) is 7.72. The number of carbonyl (C=O) groups is 1. The lowest BCUT2D eigenvalue weighted by Crippen LogP contribution is -2.36. The van der Waals surface area contributed by atoms with E-state index in [9.17, 15) is 4.79 Å². The normalized spacial score (nSPS) is 31.9. The van der Waals surface area contributed by atoms with Gasteiger partial charge in [0.15, 0.2) is 0 Å². The topological polar surface area (TPSA) is 26.3 Å². The van der Waals surface area contributed by atoms with Gasteiger partial charge in [-0.1, -0.05) is 25.0 Å². The lowest BCUT2D eigenvalue weighted by atomic mass is 9.81. The maximum atomic E-state index is 11.3. The number of hydrogen-bond acceptors (Lipinski definition) is 2. The molecular formula is C17H28O2. The van der Waals surface area contributed by atoms with Crippen LogP contribution in [-0.2, 0) is 9.53 Å². The molecule has 0 aromatic rings. The van der Waals surface area contributed by atoms with Crippen molar-refractivity contribution in [2.75, 3.05) is 0 Å². The molecule has 0 aromatic carbocycles. The van der Waals surface area contributed by atoms with Gasteiger partial charge in [0.25, 0.3) is 0 Å². The molecule has 2 aliphatic carbocycles. The molecule has 2 nitrogen and oxygen atoms in total. The molecule has 2 aliphatic rings. The number of carbonyl (C=O) groups excluding carboxylic acids is 1. The monoisotopic (exact) mass is 264 g/mol. The second kappa shape index (κ2) is 5.30. The van der Waals surface area contributed by atoms with Crippen molar-refractivity contribution in [2.45, 2.75) is 72.3 Å². The Morgan fingerprint density at radius 1 is 1.11 bits per heavy atom. The second-order valence-corrected chi connectivity index (χ2v) is 7.07. The Labute approximate surface area is 117 Å². The number of rotatable bonds is 2. The van der Waals surface area contributed by atoms with Crippen LogP contribution >= 0.6 is 0 Å². The van der Waals surface area contributed by atoms with Gasteiger partial charge in [-0.2, -0.15) is 0 Å². The van der Waals surface area contributed by atoms with E-state index in [4.69, 9.17) is 4.74 Å². The standard InChI is InChI=1S/C17H28O2/c1-11-6-8-14(17(4,5)19-13(3)18)10-16-12(2)7-9-15(11)16/h11-12,14H,6-10H2,1-5H3/t11-,12+,14+/m0/s1. The van der Waals surface area contributed by atoms with E-state index < -0.39 is 0 Å². The molecule has 19 heavy (non-hydrogen) atoms. The van der Waals surface area contributed by atoms with Crippen molar-refractivity contribution in [1.82, 2.24) is 0 Å². The van der Waals surface area contributed by atoms with Crippen molar-refractivity contribution in [3.63, 3.8) is 0 Å². The molecule has 108 valence electrons.